The molecule has 0 bridgehead atoms. The van der Waals surface area contributed by atoms with E-state index in [4.69, 9.17) is 11.6 Å². The smallest absolute Gasteiger partial charge is 0.289 e. The zero-order valence-electron chi connectivity index (χ0n) is 21.5. The summed E-state index contributed by atoms with van der Waals surface area (Å²) in [5.74, 6) is -0.918. The zero-order valence-corrected chi connectivity index (χ0v) is 23.1. The summed E-state index contributed by atoms with van der Waals surface area (Å²) in [4.78, 5) is 57.2. The van der Waals surface area contributed by atoms with Crippen molar-refractivity contribution in [3.05, 3.63) is 50.8 Å². The van der Waals surface area contributed by atoms with Gasteiger partial charge in [-0.1, -0.05) is 11.6 Å². The molecular weight excluding hydrogens is 526 g/mol. The number of carbonyl (C=O) groups excluding carboxylic acids is 3. The predicted octanol–water partition coefficient (Wildman–Crippen LogP) is 2.51. The molecule has 2 N–H and O–H groups in total. The molecule has 1 fully saturated rings. The van der Waals surface area contributed by atoms with Gasteiger partial charge in [0.05, 0.1) is 17.3 Å². The summed E-state index contributed by atoms with van der Waals surface area (Å²) in [6.07, 6.45) is 3.93. The molecule has 1 aromatic carbocycles. The maximum Gasteiger partial charge on any atom is 0.289 e. The molecule has 1 saturated carbocycles. The average Bonchev–Trinajstić information content (AvgIpc) is 3.32. The first-order valence-corrected chi connectivity index (χ1v) is 13.8. The lowest BCUT2D eigenvalue weighted by Crippen LogP contribution is -2.56. The lowest BCUT2D eigenvalue weighted by atomic mass is 9.81. The third-order valence-corrected chi connectivity index (χ3v) is 8.45. The van der Waals surface area contributed by atoms with Crippen LogP contribution in [0.1, 0.15) is 50.3 Å². The molecule has 3 heterocycles. The number of carbonyl (C=O) groups is 3. The summed E-state index contributed by atoms with van der Waals surface area (Å²) in [5.41, 5.74) is 1.58. The highest BCUT2D eigenvalue weighted by Crippen LogP contribution is 2.28. The molecule has 3 atom stereocenters. The number of amides is 3. The fraction of sp³-hybridized carbons (Fsp3) is 0.462. The lowest BCUT2D eigenvalue weighted by molar-refractivity contribution is -0.134. The van der Waals surface area contributed by atoms with Crippen LogP contribution in [0, 0.1) is 5.92 Å². The van der Waals surface area contributed by atoms with Crippen LogP contribution in [0.3, 0.4) is 0 Å². The topological polar surface area (TPSA) is 120 Å². The zero-order chi connectivity index (χ0) is 27.0. The Morgan fingerprint density at radius 3 is 2.68 bits per heavy atom. The second-order valence-corrected chi connectivity index (χ2v) is 11.7. The van der Waals surface area contributed by atoms with Crippen molar-refractivity contribution < 1.29 is 14.4 Å². The van der Waals surface area contributed by atoms with Gasteiger partial charge in [-0.25, -0.2) is 15.0 Å². The third-order valence-electron chi connectivity index (χ3n) is 7.13. The second kappa shape index (κ2) is 10.9. The number of benzene rings is 1. The van der Waals surface area contributed by atoms with Gasteiger partial charge >= 0.3 is 0 Å². The van der Waals surface area contributed by atoms with Gasteiger partial charge in [-0.2, -0.15) is 0 Å². The molecule has 0 saturated heterocycles. The molecular formula is C26H30ClN7O3S. The maximum atomic E-state index is 13.3. The predicted molar refractivity (Wildman–Crippen MR) is 145 cm³/mol. The quantitative estimate of drug-likeness (QED) is 0.496. The molecule has 5 rings (SSSR count). The van der Waals surface area contributed by atoms with Gasteiger partial charge in [-0.15, -0.1) is 11.3 Å². The van der Waals surface area contributed by atoms with Crippen LogP contribution in [0.4, 0.5) is 0 Å². The molecule has 0 unspecified atom stereocenters. The fourth-order valence-corrected chi connectivity index (χ4v) is 6.36. The van der Waals surface area contributed by atoms with E-state index in [-0.39, 0.29) is 29.6 Å². The minimum atomic E-state index is -0.447. The van der Waals surface area contributed by atoms with E-state index in [2.05, 4.69) is 30.5 Å². The van der Waals surface area contributed by atoms with Gasteiger partial charge in [0.1, 0.15) is 0 Å². The Morgan fingerprint density at radius 2 is 1.89 bits per heavy atom. The van der Waals surface area contributed by atoms with Gasteiger partial charge in [-0.3, -0.25) is 14.4 Å². The van der Waals surface area contributed by atoms with Gasteiger partial charge in [-0.05, 0) is 44.5 Å². The van der Waals surface area contributed by atoms with Gasteiger partial charge < -0.3 is 20.4 Å². The van der Waals surface area contributed by atoms with Gasteiger partial charge in [0, 0.05) is 67.0 Å². The number of likely N-dealkylation sites (N-methyl/N-ethyl adjacent to an activating group) is 1. The van der Waals surface area contributed by atoms with E-state index in [1.54, 1.807) is 43.4 Å². The first-order chi connectivity index (χ1) is 18.2. The van der Waals surface area contributed by atoms with E-state index in [0.29, 0.717) is 34.8 Å². The Hall–Kier alpha value is -3.15. The van der Waals surface area contributed by atoms with Crippen molar-refractivity contribution in [2.45, 2.75) is 44.3 Å². The van der Waals surface area contributed by atoms with E-state index >= 15 is 0 Å². The van der Waals surface area contributed by atoms with E-state index in [0.717, 1.165) is 35.5 Å². The fourth-order valence-electron chi connectivity index (χ4n) is 5.09. The molecule has 3 aromatic rings. The number of halogens is 1. The van der Waals surface area contributed by atoms with E-state index < -0.39 is 11.9 Å². The van der Waals surface area contributed by atoms with E-state index in [1.807, 2.05) is 7.05 Å². The van der Waals surface area contributed by atoms with Crippen LogP contribution in [0.25, 0.3) is 10.9 Å². The minimum Gasteiger partial charge on any atom is -0.349 e. The van der Waals surface area contributed by atoms with Crippen LogP contribution in [-0.2, 0) is 17.8 Å². The Kier molecular flexibility index (Phi) is 7.60. The molecule has 0 radical (unpaired) electrons. The number of hydrogen-bond donors (Lipinski definition) is 2. The summed E-state index contributed by atoms with van der Waals surface area (Å²) in [6, 6.07) is 4.35. The van der Waals surface area contributed by atoms with Crippen molar-refractivity contribution >= 4 is 51.6 Å². The second-order valence-electron chi connectivity index (χ2n) is 10.2. The average molecular weight is 556 g/mol. The van der Waals surface area contributed by atoms with Gasteiger partial charge in [0.25, 0.3) is 11.8 Å². The number of nitrogens with one attached hydrogen (secondary N) is 2. The Balaban J connectivity index is 1.34. The monoisotopic (exact) mass is 555 g/mol. The molecule has 2 aromatic heterocycles. The Bertz CT molecular complexity index is 1390. The van der Waals surface area contributed by atoms with Crippen LogP contribution < -0.4 is 10.6 Å². The molecule has 12 heteroatoms. The van der Waals surface area contributed by atoms with Crippen LogP contribution >= 0.6 is 22.9 Å². The summed E-state index contributed by atoms with van der Waals surface area (Å²) >= 11 is 7.44. The number of thiazole rings is 1. The molecule has 10 nitrogen and oxygen atoms in total. The highest BCUT2D eigenvalue weighted by atomic mass is 35.5. The van der Waals surface area contributed by atoms with Crippen molar-refractivity contribution in [1.29, 1.82) is 0 Å². The lowest BCUT2D eigenvalue weighted by Gasteiger charge is -2.37. The van der Waals surface area contributed by atoms with E-state index in [9.17, 15) is 14.4 Å². The molecule has 3 amide bonds. The molecule has 0 spiro atoms. The summed E-state index contributed by atoms with van der Waals surface area (Å²) < 4.78 is 0. The SMILES string of the molecule is CN1CCc2nc(C(=O)N[C@@H]3C[C@@H](C(=O)N(C)C)CC[C@@H]3NC(=O)c3ncc4cc(Cl)ccc4n3)sc2C1. The maximum absolute atomic E-state index is 13.3. The number of aromatic nitrogens is 3. The Labute approximate surface area is 229 Å². The van der Waals surface area contributed by atoms with Crippen molar-refractivity contribution in [3.63, 3.8) is 0 Å². The van der Waals surface area contributed by atoms with Crippen LogP contribution in [0.15, 0.2) is 24.4 Å². The first kappa shape index (κ1) is 26.5. The van der Waals surface area contributed by atoms with Crippen molar-refractivity contribution in [1.82, 2.24) is 35.4 Å². The van der Waals surface area contributed by atoms with E-state index in [1.165, 1.54) is 11.3 Å². The summed E-state index contributed by atoms with van der Waals surface area (Å²) in [7, 11) is 5.50. The highest BCUT2D eigenvalue weighted by Gasteiger charge is 2.37. The molecule has 1 aliphatic carbocycles. The third kappa shape index (κ3) is 5.64. The summed E-state index contributed by atoms with van der Waals surface area (Å²) in [5, 5.41) is 7.79. The van der Waals surface area contributed by atoms with Crippen LogP contribution in [-0.4, -0.2) is 82.2 Å². The minimum absolute atomic E-state index is 0.0123. The molecule has 38 heavy (non-hydrogen) atoms. The Morgan fingerprint density at radius 1 is 1.11 bits per heavy atom. The summed E-state index contributed by atoms with van der Waals surface area (Å²) in [6.45, 7) is 1.69. The van der Waals surface area contributed by atoms with Crippen LogP contribution in [0.5, 0.6) is 0 Å². The first-order valence-electron chi connectivity index (χ1n) is 12.6. The largest absolute Gasteiger partial charge is 0.349 e. The number of fused-ring (bicyclic) bond motifs is 2. The van der Waals surface area contributed by atoms with Crippen molar-refractivity contribution in [2.75, 3.05) is 27.7 Å². The van der Waals surface area contributed by atoms with Crippen LogP contribution in [0.2, 0.25) is 5.02 Å². The number of nitrogens with zero attached hydrogens (tertiary/aromatic N) is 5. The molecule has 2 aliphatic rings. The van der Waals surface area contributed by atoms with Gasteiger partial charge in [0.2, 0.25) is 11.7 Å². The van der Waals surface area contributed by atoms with Gasteiger partial charge in [0.15, 0.2) is 5.01 Å². The molecule has 200 valence electrons. The molecule has 1 aliphatic heterocycles. The highest BCUT2D eigenvalue weighted by molar-refractivity contribution is 7.13. The number of rotatable bonds is 5. The standard InChI is InChI=1S/C26H30ClN7O3S/c1-33(2)26(37)14-4-6-18(30-23(35)22-28-12-15-10-16(27)5-7-17(15)29-22)20(11-14)31-24(36)25-32-19-8-9-34(3)13-21(19)38-25/h5,7,10,12,14,18,20H,4,6,8-9,11,13H2,1-3H3,(H,30,35)(H,31,36)/t14-,18-,20+/m0/s1. The van der Waals surface area contributed by atoms with Crippen molar-refractivity contribution in [2.24, 2.45) is 5.92 Å². The normalized spacial score (nSPS) is 21.5. The van der Waals surface area contributed by atoms with Crippen molar-refractivity contribution in [3.8, 4) is 0 Å². The number of hydrogen-bond acceptors (Lipinski definition) is 8.